The van der Waals surface area contributed by atoms with Crippen molar-refractivity contribution >= 4 is 11.6 Å². The summed E-state index contributed by atoms with van der Waals surface area (Å²) in [5, 5.41) is 0. The number of hydrogen-bond donors (Lipinski definition) is 0. The summed E-state index contributed by atoms with van der Waals surface area (Å²) in [6, 6.07) is 0. The molecule has 3 nitrogen and oxygen atoms in total. The van der Waals surface area contributed by atoms with Gasteiger partial charge in [0.25, 0.3) is 0 Å². The molecule has 0 aliphatic carbocycles. The van der Waals surface area contributed by atoms with Gasteiger partial charge >= 0.3 is 0 Å². The number of aliphatic imine (C=N–C) groups is 2. The summed E-state index contributed by atoms with van der Waals surface area (Å²) in [5.41, 5.74) is 0.912. The van der Waals surface area contributed by atoms with Gasteiger partial charge in [0, 0.05) is 20.0 Å². The molecule has 0 heterocycles. The summed E-state index contributed by atoms with van der Waals surface area (Å²) < 4.78 is 5.03. The van der Waals surface area contributed by atoms with Gasteiger partial charge in [0.15, 0.2) is 0 Å². The summed E-state index contributed by atoms with van der Waals surface area (Å²) in [5.74, 6) is 0.987. The molecule has 0 saturated heterocycles. The predicted molar refractivity (Wildman–Crippen MR) is 48.6 cm³/mol. The molecule has 0 aromatic rings. The minimum Gasteiger partial charge on any atom is -0.480 e. The van der Waals surface area contributed by atoms with Gasteiger partial charge < -0.3 is 4.74 Å². The van der Waals surface area contributed by atoms with Gasteiger partial charge in [-0.05, 0) is 0 Å². The molecule has 0 aromatic heterocycles. The number of ether oxygens (including phenoxy) is 1. The largest absolute Gasteiger partial charge is 0.480 e. The third-order valence-corrected chi connectivity index (χ3v) is 1.40. The first kappa shape index (κ1) is 10.1. The van der Waals surface area contributed by atoms with Gasteiger partial charge in [-0.2, -0.15) is 0 Å². The first-order chi connectivity index (χ1) is 5.17. The fourth-order valence-corrected chi connectivity index (χ4v) is 0.911. The van der Waals surface area contributed by atoms with E-state index in [1.54, 1.807) is 21.2 Å². The van der Waals surface area contributed by atoms with Crippen LogP contribution in [0, 0.1) is 5.92 Å². The maximum Gasteiger partial charge on any atom is 0.230 e. The molecule has 64 valence electrons. The Hall–Kier alpha value is -0.860. The van der Waals surface area contributed by atoms with Crippen LogP contribution in [0.4, 0.5) is 0 Å². The number of rotatable bonds is 2. The predicted octanol–water partition coefficient (Wildman–Crippen LogP) is 1.39. The Kier molecular flexibility index (Phi) is 4.50. The first-order valence-electron chi connectivity index (χ1n) is 3.65. The van der Waals surface area contributed by atoms with Crippen molar-refractivity contribution < 1.29 is 4.74 Å². The van der Waals surface area contributed by atoms with Crippen molar-refractivity contribution in [3.63, 3.8) is 0 Å². The molecule has 0 spiro atoms. The molecule has 0 atom stereocenters. The average Bonchev–Trinajstić information content (AvgIpc) is 1.99. The van der Waals surface area contributed by atoms with Gasteiger partial charge in [0.1, 0.15) is 0 Å². The van der Waals surface area contributed by atoms with Gasteiger partial charge in [0.05, 0.1) is 12.8 Å². The molecule has 3 heteroatoms. The summed E-state index contributed by atoms with van der Waals surface area (Å²) >= 11 is 0. The number of methoxy groups -OCH3 is 1. The molecule has 0 unspecified atom stereocenters. The zero-order valence-corrected chi connectivity index (χ0v) is 7.88. The van der Waals surface area contributed by atoms with Crippen LogP contribution in [0.3, 0.4) is 0 Å². The topological polar surface area (TPSA) is 34.0 Å². The highest BCUT2D eigenvalue weighted by Crippen LogP contribution is 1.99. The molecule has 0 fully saturated rings. The lowest BCUT2D eigenvalue weighted by atomic mass is 10.1. The fourth-order valence-electron chi connectivity index (χ4n) is 0.911. The molecule has 11 heavy (non-hydrogen) atoms. The van der Waals surface area contributed by atoms with Crippen molar-refractivity contribution in [2.24, 2.45) is 15.9 Å². The lowest BCUT2D eigenvalue weighted by molar-refractivity contribution is 0.408. The van der Waals surface area contributed by atoms with Crippen LogP contribution in [0.2, 0.25) is 0 Å². The second-order valence-corrected chi connectivity index (χ2v) is 2.50. The van der Waals surface area contributed by atoms with Gasteiger partial charge in [-0.3, -0.25) is 9.98 Å². The van der Waals surface area contributed by atoms with Crippen molar-refractivity contribution in [2.75, 3.05) is 21.2 Å². The van der Waals surface area contributed by atoms with Crippen molar-refractivity contribution in [1.82, 2.24) is 0 Å². The lowest BCUT2D eigenvalue weighted by Gasteiger charge is -2.09. The molecular weight excluding hydrogens is 140 g/mol. The second-order valence-electron chi connectivity index (χ2n) is 2.50. The molecule has 0 N–H and O–H groups in total. The van der Waals surface area contributed by atoms with Crippen molar-refractivity contribution in [2.45, 2.75) is 13.8 Å². The zero-order valence-electron chi connectivity index (χ0n) is 7.88. The quantitative estimate of drug-likeness (QED) is 0.439. The van der Waals surface area contributed by atoms with E-state index < -0.39 is 0 Å². The molecule has 0 bridgehead atoms. The van der Waals surface area contributed by atoms with E-state index in [-0.39, 0.29) is 0 Å². The molecule has 0 rings (SSSR count). The third kappa shape index (κ3) is 2.70. The van der Waals surface area contributed by atoms with Crippen LogP contribution in [0.25, 0.3) is 0 Å². The molecule has 0 amide bonds. The Morgan fingerprint density at radius 2 is 1.73 bits per heavy atom. The molecule has 0 aromatic carbocycles. The first-order valence-corrected chi connectivity index (χ1v) is 3.65. The molecule has 0 aliphatic heterocycles. The Morgan fingerprint density at radius 3 is 1.82 bits per heavy atom. The van der Waals surface area contributed by atoms with Crippen molar-refractivity contribution in [3.05, 3.63) is 0 Å². The third-order valence-electron chi connectivity index (χ3n) is 1.40. The number of nitrogens with zero attached hydrogens (tertiary/aromatic N) is 2. The average molecular weight is 156 g/mol. The van der Waals surface area contributed by atoms with Gasteiger partial charge in [-0.15, -0.1) is 0 Å². The Balaban J connectivity index is 4.51. The smallest absolute Gasteiger partial charge is 0.230 e. The maximum absolute atomic E-state index is 5.03. The molecule has 0 saturated carbocycles. The monoisotopic (exact) mass is 156 g/mol. The van der Waals surface area contributed by atoms with E-state index >= 15 is 0 Å². The van der Waals surface area contributed by atoms with E-state index in [0.717, 1.165) is 5.71 Å². The van der Waals surface area contributed by atoms with Crippen LogP contribution in [-0.2, 0) is 4.74 Å². The minimum atomic E-state index is 0.360. The van der Waals surface area contributed by atoms with E-state index in [9.17, 15) is 0 Å². The highest BCUT2D eigenvalue weighted by atomic mass is 16.5. The van der Waals surface area contributed by atoms with E-state index in [1.165, 1.54) is 0 Å². The summed E-state index contributed by atoms with van der Waals surface area (Å²) in [7, 11) is 5.06. The van der Waals surface area contributed by atoms with E-state index in [4.69, 9.17) is 4.74 Å². The standard InChI is InChI=1S/C8H16N2O/c1-6(2)7(9-3)8(10-4)11-5/h6H,1-5H3/b9-7-,10-8+. The summed E-state index contributed by atoms with van der Waals surface area (Å²) in [4.78, 5) is 8.05. The SMILES string of the molecule is C/N=C(\C(=N/C)OC)C(C)C. The fraction of sp³-hybridized carbons (Fsp3) is 0.750. The summed E-state index contributed by atoms with van der Waals surface area (Å²) in [6.45, 7) is 4.12. The van der Waals surface area contributed by atoms with E-state index in [0.29, 0.717) is 11.8 Å². The zero-order chi connectivity index (χ0) is 8.85. The van der Waals surface area contributed by atoms with Crippen LogP contribution < -0.4 is 0 Å². The molecular formula is C8H16N2O. The van der Waals surface area contributed by atoms with Crippen molar-refractivity contribution in [1.29, 1.82) is 0 Å². The Morgan fingerprint density at radius 1 is 1.18 bits per heavy atom. The maximum atomic E-state index is 5.03. The van der Waals surface area contributed by atoms with Crippen LogP contribution >= 0.6 is 0 Å². The van der Waals surface area contributed by atoms with E-state index in [1.807, 2.05) is 0 Å². The minimum absolute atomic E-state index is 0.360. The highest BCUT2D eigenvalue weighted by molar-refractivity contribution is 6.39. The van der Waals surface area contributed by atoms with Gasteiger partial charge in [-0.25, -0.2) is 0 Å². The van der Waals surface area contributed by atoms with Crippen LogP contribution in [0.1, 0.15) is 13.8 Å². The molecule has 0 aliphatic rings. The second kappa shape index (κ2) is 4.88. The highest BCUT2D eigenvalue weighted by Gasteiger charge is 2.11. The van der Waals surface area contributed by atoms with Crippen molar-refractivity contribution in [3.8, 4) is 0 Å². The van der Waals surface area contributed by atoms with Crippen LogP contribution in [-0.4, -0.2) is 32.8 Å². The van der Waals surface area contributed by atoms with E-state index in [2.05, 4.69) is 23.8 Å². The molecule has 0 radical (unpaired) electrons. The van der Waals surface area contributed by atoms with Gasteiger partial charge in [-0.1, -0.05) is 13.8 Å². The van der Waals surface area contributed by atoms with Crippen LogP contribution in [0.15, 0.2) is 9.98 Å². The number of hydrogen-bond acceptors (Lipinski definition) is 3. The Labute approximate surface area is 68.2 Å². The Bertz CT molecular complexity index is 171. The van der Waals surface area contributed by atoms with Crippen LogP contribution in [0.5, 0.6) is 0 Å². The summed E-state index contributed by atoms with van der Waals surface area (Å²) in [6.07, 6.45) is 0. The normalized spacial score (nSPS) is 14.0. The van der Waals surface area contributed by atoms with Gasteiger partial charge in [0.2, 0.25) is 5.90 Å². The lowest BCUT2D eigenvalue weighted by Crippen LogP contribution is -2.21.